The molecule has 1 fully saturated rings. The summed E-state index contributed by atoms with van der Waals surface area (Å²) in [6.07, 6.45) is 7.97. The van der Waals surface area contributed by atoms with Crippen molar-refractivity contribution in [1.29, 1.82) is 0 Å². The maximum atomic E-state index is 3.85. The van der Waals surface area contributed by atoms with Crippen LogP contribution in [0.5, 0.6) is 0 Å². The van der Waals surface area contributed by atoms with Crippen LogP contribution in [0.25, 0.3) is 0 Å². The van der Waals surface area contributed by atoms with Gasteiger partial charge >= 0.3 is 0 Å². The van der Waals surface area contributed by atoms with Crippen LogP contribution in [0.15, 0.2) is 24.3 Å². The van der Waals surface area contributed by atoms with Gasteiger partial charge in [0.2, 0.25) is 0 Å². The lowest BCUT2D eigenvalue weighted by molar-refractivity contribution is 0.223. The topological polar surface area (TPSA) is 12.0 Å². The van der Waals surface area contributed by atoms with E-state index in [1.165, 1.54) is 37.7 Å². The lowest BCUT2D eigenvalue weighted by atomic mass is 9.76. The second-order valence-electron chi connectivity index (χ2n) is 6.52. The van der Waals surface area contributed by atoms with Crippen LogP contribution in [0, 0.1) is 11.8 Å². The highest BCUT2D eigenvalue weighted by atomic mass is 14.9. The molecule has 0 spiro atoms. The van der Waals surface area contributed by atoms with Crippen LogP contribution in [0.2, 0.25) is 0 Å². The molecular formula is C19H31N. The molecule has 20 heavy (non-hydrogen) atoms. The lowest BCUT2D eigenvalue weighted by Crippen LogP contribution is -2.32. The van der Waals surface area contributed by atoms with Crippen molar-refractivity contribution in [2.75, 3.05) is 6.54 Å². The normalized spacial score (nSPS) is 24.6. The van der Waals surface area contributed by atoms with Gasteiger partial charge in [-0.15, -0.1) is 0 Å². The van der Waals surface area contributed by atoms with Gasteiger partial charge in [-0.2, -0.15) is 0 Å². The molecule has 1 nitrogen and oxygen atoms in total. The van der Waals surface area contributed by atoms with Crippen molar-refractivity contribution in [2.24, 2.45) is 11.8 Å². The van der Waals surface area contributed by atoms with Crippen molar-refractivity contribution in [1.82, 2.24) is 5.32 Å². The number of benzene rings is 1. The molecule has 2 rings (SSSR count). The second kappa shape index (κ2) is 7.83. The Labute approximate surface area is 125 Å². The molecule has 1 saturated carbocycles. The lowest BCUT2D eigenvalue weighted by Gasteiger charge is -2.35. The predicted molar refractivity (Wildman–Crippen MR) is 88.0 cm³/mol. The third kappa shape index (κ3) is 3.85. The van der Waals surface area contributed by atoms with Crippen molar-refractivity contribution in [3.05, 3.63) is 35.4 Å². The van der Waals surface area contributed by atoms with Gasteiger partial charge in [0, 0.05) is 6.04 Å². The molecule has 3 atom stereocenters. The van der Waals surface area contributed by atoms with E-state index in [9.17, 15) is 0 Å². The molecule has 1 aliphatic rings. The molecule has 1 aromatic carbocycles. The quantitative estimate of drug-likeness (QED) is 0.759. The smallest absolute Gasteiger partial charge is 0.0351 e. The summed E-state index contributed by atoms with van der Waals surface area (Å²) in [6.45, 7) is 8.10. The van der Waals surface area contributed by atoms with Crippen LogP contribution in [0.1, 0.15) is 70.0 Å². The first kappa shape index (κ1) is 15.6. The summed E-state index contributed by atoms with van der Waals surface area (Å²) in [7, 11) is 0. The van der Waals surface area contributed by atoms with Crippen LogP contribution >= 0.6 is 0 Å². The summed E-state index contributed by atoms with van der Waals surface area (Å²) >= 11 is 0. The van der Waals surface area contributed by atoms with Crippen molar-refractivity contribution >= 4 is 0 Å². The fraction of sp³-hybridized carbons (Fsp3) is 0.684. The van der Waals surface area contributed by atoms with Gasteiger partial charge in [-0.25, -0.2) is 0 Å². The Morgan fingerprint density at radius 2 is 2.00 bits per heavy atom. The number of rotatable bonds is 6. The van der Waals surface area contributed by atoms with Gasteiger partial charge in [-0.1, -0.05) is 57.9 Å². The van der Waals surface area contributed by atoms with Crippen molar-refractivity contribution in [3.63, 3.8) is 0 Å². The van der Waals surface area contributed by atoms with Gasteiger partial charge in [-0.3, -0.25) is 0 Å². The number of hydrogen-bond acceptors (Lipinski definition) is 1. The number of hydrogen-bond donors (Lipinski definition) is 1. The Morgan fingerprint density at radius 3 is 2.70 bits per heavy atom. The molecule has 0 heterocycles. The highest BCUT2D eigenvalue weighted by Gasteiger charge is 2.28. The van der Waals surface area contributed by atoms with Gasteiger partial charge in [0.1, 0.15) is 0 Å². The van der Waals surface area contributed by atoms with E-state index in [4.69, 9.17) is 0 Å². The Bertz CT molecular complexity index is 399. The largest absolute Gasteiger partial charge is 0.310 e. The van der Waals surface area contributed by atoms with Gasteiger partial charge in [-0.05, 0) is 55.2 Å². The molecule has 0 amide bonds. The van der Waals surface area contributed by atoms with Gasteiger partial charge in [0.25, 0.3) is 0 Å². The third-order valence-corrected chi connectivity index (χ3v) is 4.83. The SMILES string of the molecule is CCCNC(c1ccccc1CC)C1CCCC(C)C1. The molecule has 0 aromatic heterocycles. The minimum absolute atomic E-state index is 0.564. The summed E-state index contributed by atoms with van der Waals surface area (Å²) in [5.41, 5.74) is 3.09. The first-order valence-corrected chi connectivity index (χ1v) is 8.57. The van der Waals surface area contributed by atoms with E-state index >= 15 is 0 Å². The van der Waals surface area contributed by atoms with Gasteiger partial charge < -0.3 is 5.32 Å². The van der Waals surface area contributed by atoms with Crippen molar-refractivity contribution in [2.45, 2.75) is 65.3 Å². The Kier molecular flexibility index (Phi) is 6.09. The van der Waals surface area contributed by atoms with Crippen molar-refractivity contribution < 1.29 is 0 Å². The molecule has 112 valence electrons. The van der Waals surface area contributed by atoms with Crippen LogP contribution in [0.4, 0.5) is 0 Å². The molecular weight excluding hydrogens is 242 g/mol. The number of aryl methyl sites for hydroxylation is 1. The summed E-state index contributed by atoms with van der Waals surface area (Å²) in [5.74, 6) is 1.71. The van der Waals surface area contributed by atoms with E-state index in [0.29, 0.717) is 6.04 Å². The summed E-state index contributed by atoms with van der Waals surface area (Å²) in [5, 5.41) is 3.85. The Balaban J connectivity index is 2.21. The van der Waals surface area contributed by atoms with Crippen LogP contribution in [0.3, 0.4) is 0 Å². The average Bonchev–Trinajstić information content (AvgIpc) is 2.48. The van der Waals surface area contributed by atoms with E-state index in [1.54, 1.807) is 5.56 Å². The van der Waals surface area contributed by atoms with Gasteiger partial charge in [0.15, 0.2) is 0 Å². The Morgan fingerprint density at radius 1 is 1.20 bits per heavy atom. The van der Waals surface area contributed by atoms with E-state index in [-0.39, 0.29) is 0 Å². The maximum absolute atomic E-state index is 3.85. The zero-order valence-corrected chi connectivity index (χ0v) is 13.5. The van der Waals surface area contributed by atoms with Gasteiger partial charge in [0.05, 0.1) is 0 Å². The first-order chi connectivity index (χ1) is 9.76. The molecule has 3 unspecified atom stereocenters. The summed E-state index contributed by atoms with van der Waals surface area (Å²) < 4.78 is 0. The van der Waals surface area contributed by atoms with E-state index in [0.717, 1.165) is 24.8 Å². The molecule has 1 aliphatic carbocycles. The third-order valence-electron chi connectivity index (χ3n) is 4.83. The van der Waals surface area contributed by atoms with E-state index in [2.05, 4.69) is 50.4 Å². The minimum atomic E-state index is 0.564. The van der Waals surface area contributed by atoms with Crippen LogP contribution in [-0.4, -0.2) is 6.54 Å². The molecule has 0 aliphatic heterocycles. The molecule has 1 heteroatoms. The Hall–Kier alpha value is -0.820. The summed E-state index contributed by atoms with van der Waals surface area (Å²) in [4.78, 5) is 0. The van der Waals surface area contributed by atoms with E-state index in [1.807, 2.05) is 0 Å². The fourth-order valence-electron chi connectivity index (χ4n) is 3.77. The summed E-state index contributed by atoms with van der Waals surface area (Å²) in [6, 6.07) is 9.62. The van der Waals surface area contributed by atoms with Crippen LogP contribution < -0.4 is 5.32 Å². The average molecular weight is 273 g/mol. The molecule has 0 radical (unpaired) electrons. The predicted octanol–water partition coefficient (Wildman–Crippen LogP) is 5.12. The highest BCUT2D eigenvalue weighted by Crippen LogP contribution is 2.38. The molecule has 1 N–H and O–H groups in total. The first-order valence-electron chi connectivity index (χ1n) is 8.57. The van der Waals surface area contributed by atoms with Crippen LogP contribution in [-0.2, 0) is 6.42 Å². The zero-order valence-electron chi connectivity index (χ0n) is 13.5. The maximum Gasteiger partial charge on any atom is 0.0351 e. The highest BCUT2D eigenvalue weighted by molar-refractivity contribution is 5.30. The second-order valence-corrected chi connectivity index (χ2v) is 6.52. The molecule has 0 bridgehead atoms. The standard InChI is InChI=1S/C19H31N/c1-4-13-20-19(17-11-8-9-15(3)14-17)18-12-7-6-10-16(18)5-2/h6-7,10,12,15,17,19-20H,4-5,8-9,11,13-14H2,1-3H3. The molecule has 0 saturated heterocycles. The number of nitrogens with one attached hydrogen (secondary N) is 1. The monoisotopic (exact) mass is 273 g/mol. The minimum Gasteiger partial charge on any atom is -0.310 e. The fourth-order valence-corrected chi connectivity index (χ4v) is 3.77. The molecule has 1 aromatic rings. The van der Waals surface area contributed by atoms with Crippen molar-refractivity contribution in [3.8, 4) is 0 Å². The zero-order chi connectivity index (χ0) is 14.4. The van der Waals surface area contributed by atoms with E-state index < -0.39 is 0 Å².